The summed E-state index contributed by atoms with van der Waals surface area (Å²) in [6.07, 6.45) is 15.4. The molecule has 1 N–H and O–H groups in total. The van der Waals surface area contributed by atoms with Crippen molar-refractivity contribution in [1.82, 2.24) is 0 Å². The van der Waals surface area contributed by atoms with Crippen molar-refractivity contribution in [3.8, 4) is 5.75 Å². The summed E-state index contributed by atoms with van der Waals surface area (Å²) in [6.45, 7) is 0. The van der Waals surface area contributed by atoms with Crippen LogP contribution in [0.1, 0.15) is 99.2 Å². The Morgan fingerprint density at radius 2 is 1.30 bits per heavy atom. The minimum absolute atomic E-state index is 0.593. The van der Waals surface area contributed by atoms with Gasteiger partial charge in [-0.3, -0.25) is 0 Å². The second-order valence-corrected chi connectivity index (χ2v) is 8.38. The molecule has 0 aliphatic heterocycles. The van der Waals surface area contributed by atoms with Gasteiger partial charge in [0.2, 0.25) is 0 Å². The fraction of sp³-hybridized carbons (Fsp3) is 0.714. The molecule has 128 valence electrons. The van der Waals surface area contributed by atoms with E-state index in [9.17, 15) is 5.11 Å². The maximum Gasteiger partial charge on any atom is 0.122 e. The standard InChI is InChI=1S/C21H31BrO/c22-13-7-8-16-14-19(17-9-3-1-4-10-17)21(23)20(15-16)18-11-5-2-6-12-18/h14-15,17-18,23H,1-13H2. The monoisotopic (exact) mass is 378 g/mol. The fourth-order valence-corrected chi connectivity index (χ4v) is 4.89. The highest BCUT2D eigenvalue weighted by molar-refractivity contribution is 9.09. The molecule has 0 saturated heterocycles. The molecule has 2 saturated carbocycles. The molecule has 0 heterocycles. The lowest BCUT2D eigenvalue weighted by atomic mass is 9.78. The Balaban J connectivity index is 1.92. The molecule has 2 heteroatoms. The molecule has 23 heavy (non-hydrogen) atoms. The van der Waals surface area contributed by atoms with Crippen molar-refractivity contribution in [2.45, 2.75) is 88.9 Å². The van der Waals surface area contributed by atoms with E-state index in [2.05, 4.69) is 28.1 Å². The lowest BCUT2D eigenvalue weighted by Crippen LogP contribution is -2.10. The Morgan fingerprint density at radius 1 is 0.826 bits per heavy atom. The van der Waals surface area contributed by atoms with Crippen LogP contribution in [0.15, 0.2) is 12.1 Å². The van der Waals surface area contributed by atoms with Crippen LogP contribution in [-0.4, -0.2) is 10.4 Å². The highest BCUT2D eigenvalue weighted by Crippen LogP contribution is 2.44. The Bertz CT molecular complexity index is 460. The molecular formula is C21H31BrO. The van der Waals surface area contributed by atoms with Crippen LogP contribution in [0.5, 0.6) is 5.75 Å². The average molecular weight is 379 g/mol. The van der Waals surface area contributed by atoms with Gasteiger partial charge in [0.05, 0.1) is 0 Å². The maximum absolute atomic E-state index is 11.0. The molecule has 0 amide bonds. The third kappa shape index (κ3) is 4.32. The number of phenolic OH excluding ortho intramolecular Hbond substituents is 1. The molecule has 0 bridgehead atoms. The zero-order valence-corrected chi connectivity index (χ0v) is 15.9. The molecule has 0 spiro atoms. The molecule has 1 aromatic carbocycles. The van der Waals surface area contributed by atoms with Crippen molar-refractivity contribution in [3.63, 3.8) is 0 Å². The molecule has 0 radical (unpaired) electrons. The highest BCUT2D eigenvalue weighted by Gasteiger charge is 2.25. The SMILES string of the molecule is Oc1c(C2CCCCC2)cc(CCCBr)cc1C1CCCCC1. The highest BCUT2D eigenvalue weighted by atomic mass is 79.9. The van der Waals surface area contributed by atoms with E-state index in [1.165, 1.54) is 87.3 Å². The van der Waals surface area contributed by atoms with Gasteiger partial charge in [0.25, 0.3) is 0 Å². The van der Waals surface area contributed by atoms with Crippen molar-refractivity contribution >= 4 is 15.9 Å². The molecule has 0 unspecified atom stereocenters. The van der Waals surface area contributed by atoms with E-state index in [1.54, 1.807) is 0 Å². The number of benzene rings is 1. The van der Waals surface area contributed by atoms with Gasteiger partial charge in [-0.25, -0.2) is 0 Å². The number of halogens is 1. The molecule has 0 atom stereocenters. The first-order chi connectivity index (χ1) is 11.3. The summed E-state index contributed by atoms with van der Waals surface area (Å²) in [4.78, 5) is 0. The molecule has 3 rings (SSSR count). The Labute approximate surface area is 150 Å². The Hall–Kier alpha value is -0.500. The van der Waals surface area contributed by atoms with Crippen molar-refractivity contribution in [2.75, 3.05) is 5.33 Å². The normalized spacial score (nSPS) is 20.7. The molecule has 2 fully saturated rings. The number of rotatable bonds is 5. The number of hydrogen-bond donors (Lipinski definition) is 1. The largest absolute Gasteiger partial charge is 0.507 e. The Kier molecular flexibility index (Phi) is 6.44. The summed E-state index contributed by atoms with van der Waals surface area (Å²) in [5.74, 6) is 1.84. The van der Waals surface area contributed by atoms with Gasteiger partial charge < -0.3 is 5.11 Å². The van der Waals surface area contributed by atoms with Crippen LogP contribution in [0, 0.1) is 0 Å². The van der Waals surface area contributed by atoms with Crippen molar-refractivity contribution in [3.05, 3.63) is 28.8 Å². The quantitative estimate of drug-likeness (QED) is 0.557. The summed E-state index contributed by atoms with van der Waals surface area (Å²) in [5.41, 5.74) is 4.00. The predicted octanol–water partition coefficient (Wildman–Crippen LogP) is 6.82. The second-order valence-electron chi connectivity index (χ2n) is 7.59. The van der Waals surface area contributed by atoms with Crippen LogP contribution in [0.25, 0.3) is 0 Å². The van der Waals surface area contributed by atoms with Crippen LogP contribution in [0.4, 0.5) is 0 Å². The van der Waals surface area contributed by atoms with E-state index in [0.29, 0.717) is 17.6 Å². The smallest absolute Gasteiger partial charge is 0.122 e. The van der Waals surface area contributed by atoms with Gasteiger partial charge in [0, 0.05) is 5.33 Å². The zero-order valence-electron chi connectivity index (χ0n) is 14.3. The molecule has 1 nitrogen and oxygen atoms in total. The van der Waals surface area contributed by atoms with Crippen LogP contribution >= 0.6 is 15.9 Å². The maximum atomic E-state index is 11.0. The minimum Gasteiger partial charge on any atom is -0.507 e. The molecule has 1 aromatic rings. The summed E-state index contributed by atoms with van der Waals surface area (Å²) in [7, 11) is 0. The minimum atomic E-state index is 0.593. The van der Waals surface area contributed by atoms with Crippen molar-refractivity contribution < 1.29 is 5.11 Å². The average Bonchev–Trinajstić information content (AvgIpc) is 2.62. The van der Waals surface area contributed by atoms with Crippen LogP contribution in [0.3, 0.4) is 0 Å². The van der Waals surface area contributed by atoms with Gasteiger partial charge in [-0.2, -0.15) is 0 Å². The van der Waals surface area contributed by atoms with Crippen LogP contribution < -0.4 is 0 Å². The lowest BCUT2D eigenvalue weighted by molar-refractivity contribution is 0.392. The van der Waals surface area contributed by atoms with E-state index in [-0.39, 0.29) is 0 Å². The molecule has 2 aliphatic carbocycles. The van der Waals surface area contributed by atoms with Crippen LogP contribution in [0.2, 0.25) is 0 Å². The van der Waals surface area contributed by atoms with Gasteiger partial charge in [0.15, 0.2) is 0 Å². The van der Waals surface area contributed by atoms with E-state index in [4.69, 9.17) is 0 Å². The second kappa shape index (κ2) is 8.55. The lowest BCUT2D eigenvalue weighted by Gasteiger charge is -2.28. The number of aryl methyl sites for hydroxylation is 1. The van der Waals surface area contributed by atoms with Crippen molar-refractivity contribution in [1.29, 1.82) is 0 Å². The van der Waals surface area contributed by atoms with Gasteiger partial charge in [-0.05, 0) is 67.1 Å². The van der Waals surface area contributed by atoms with E-state index < -0.39 is 0 Å². The first-order valence-corrected chi connectivity index (χ1v) is 10.8. The third-order valence-electron chi connectivity index (χ3n) is 5.92. The van der Waals surface area contributed by atoms with Gasteiger partial charge in [-0.1, -0.05) is 66.6 Å². The Morgan fingerprint density at radius 3 is 1.74 bits per heavy atom. The predicted molar refractivity (Wildman–Crippen MR) is 102 cm³/mol. The number of alkyl halides is 1. The third-order valence-corrected chi connectivity index (χ3v) is 6.48. The zero-order chi connectivity index (χ0) is 16.1. The van der Waals surface area contributed by atoms with Crippen LogP contribution in [-0.2, 0) is 6.42 Å². The van der Waals surface area contributed by atoms with E-state index in [0.717, 1.165) is 11.8 Å². The summed E-state index contributed by atoms with van der Waals surface area (Å²) < 4.78 is 0. The van der Waals surface area contributed by atoms with Gasteiger partial charge in [-0.15, -0.1) is 0 Å². The number of aromatic hydroxyl groups is 1. The topological polar surface area (TPSA) is 20.2 Å². The molecule has 2 aliphatic rings. The summed E-state index contributed by atoms with van der Waals surface area (Å²) in [6, 6.07) is 4.67. The summed E-state index contributed by atoms with van der Waals surface area (Å²) in [5, 5.41) is 12.1. The van der Waals surface area contributed by atoms with Crippen molar-refractivity contribution in [2.24, 2.45) is 0 Å². The van der Waals surface area contributed by atoms with Gasteiger partial charge in [0.1, 0.15) is 5.75 Å². The van der Waals surface area contributed by atoms with Gasteiger partial charge >= 0.3 is 0 Å². The molecular weight excluding hydrogens is 348 g/mol. The first-order valence-electron chi connectivity index (χ1n) is 9.71. The van der Waals surface area contributed by atoms with E-state index >= 15 is 0 Å². The fourth-order valence-electron chi connectivity index (χ4n) is 4.61. The van der Waals surface area contributed by atoms with E-state index in [1.807, 2.05) is 0 Å². The molecule has 0 aromatic heterocycles. The summed E-state index contributed by atoms with van der Waals surface area (Å²) >= 11 is 3.56. The first kappa shape index (κ1) is 17.3. The number of phenols is 1. The number of hydrogen-bond acceptors (Lipinski definition) is 1.